The molecule has 1 atom stereocenters. The fourth-order valence-corrected chi connectivity index (χ4v) is 4.35. The number of carbonyl (C=O) groups excluding carboxylic acids is 2. The number of nitrogens with one attached hydrogen (secondary N) is 1. The Morgan fingerprint density at radius 3 is 2.17 bits per heavy atom. The number of halogens is 2. The van der Waals surface area contributed by atoms with Crippen LogP contribution in [-0.2, 0) is 26.3 Å². The van der Waals surface area contributed by atoms with Crippen molar-refractivity contribution in [2.75, 3.05) is 31.5 Å². The highest BCUT2D eigenvalue weighted by Gasteiger charge is 2.33. The molecular formula is C24H32F2N4O4S. The molecule has 0 bridgehead atoms. The van der Waals surface area contributed by atoms with E-state index in [0.717, 1.165) is 28.1 Å². The van der Waals surface area contributed by atoms with Gasteiger partial charge in [0.15, 0.2) is 0 Å². The van der Waals surface area contributed by atoms with E-state index in [4.69, 9.17) is 0 Å². The van der Waals surface area contributed by atoms with Crippen molar-refractivity contribution in [2.45, 2.75) is 39.3 Å². The van der Waals surface area contributed by atoms with Gasteiger partial charge in [-0.15, -0.1) is 0 Å². The fourth-order valence-electron chi connectivity index (χ4n) is 3.28. The third kappa shape index (κ3) is 7.22. The lowest BCUT2D eigenvalue weighted by Gasteiger charge is -2.33. The minimum atomic E-state index is -4.28. The molecule has 2 aromatic carbocycles. The Balaban J connectivity index is 2.44. The Morgan fingerprint density at radius 1 is 1.00 bits per heavy atom. The number of amides is 2. The molecule has 1 N–H and O–H groups in total. The number of unbranched alkanes of at least 4 members (excludes halogenated alkanes) is 1. The van der Waals surface area contributed by atoms with Gasteiger partial charge < -0.3 is 10.2 Å². The summed E-state index contributed by atoms with van der Waals surface area (Å²) < 4.78 is 56.5. The Bertz CT molecular complexity index is 1130. The zero-order chi connectivity index (χ0) is 26.2. The second-order valence-electron chi connectivity index (χ2n) is 8.18. The van der Waals surface area contributed by atoms with Crippen LogP contribution in [0, 0.1) is 11.6 Å². The molecule has 35 heavy (non-hydrogen) atoms. The third-order valence-electron chi connectivity index (χ3n) is 5.44. The molecule has 0 aliphatic rings. The number of nitrogens with zero attached hydrogens (tertiary/aromatic N) is 3. The normalized spacial score (nSPS) is 12.3. The van der Waals surface area contributed by atoms with Crippen molar-refractivity contribution in [2.24, 2.45) is 0 Å². The zero-order valence-electron chi connectivity index (χ0n) is 20.4. The SMILES string of the molecule is CCCCNC(=O)[C@@H](C)N(Cc1ccccc1F)C(=O)CN(c1ccccc1F)S(=O)(=O)N(C)C. The van der Waals surface area contributed by atoms with Crippen molar-refractivity contribution in [1.29, 1.82) is 0 Å². The minimum Gasteiger partial charge on any atom is -0.354 e. The molecule has 0 aliphatic carbocycles. The molecule has 8 nitrogen and oxygen atoms in total. The molecule has 2 aromatic rings. The lowest BCUT2D eigenvalue weighted by atomic mass is 10.1. The molecule has 0 aromatic heterocycles. The molecule has 0 spiro atoms. The summed E-state index contributed by atoms with van der Waals surface area (Å²) in [5.74, 6) is -2.66. The second kappa shape index (κ2) is 12.6. The highest BCUT2D eigenvalue weighted by atomic mass is 32.2. The van der Waals surface area contributed by atoms with E-state index in [2.05, 4.69) is 5.32 Å². The Hall–Kier alpha value is -3.05. The first kappa shape index (κ1) is 28.2. The maximum Gasteiger partial charge on any atom is 0.304 e. The van der Waals surface area contributed by atoms with Crippen LogP contribution in [0.3, 0.4) is 0 Å². The van der Waals surface area contributed by atoms with Crippen LogP contribution in [0.2, 0.25) is 0 Å². The van der Waals surface area contributed by atoms with Crippen molar-refractivity contribution in [1.82, 2.24) is 14.5 Å². The van der Waals surface area contributed by atoms with Gasteiger partial charge in [-0.3, -0.25) is 9.59 Å². The monoisotopic (exact) mass is 510 g/mol. The van der Waals surface area contributed by atoms with E-state index < -0.39 is 46.2 Å². The van der Waals surface area contributed by atoms with Crippen LogP contribution in [0.5, 0.6) is 0 Å². The van der Waals surface area contributed by atoms with E-state index in [1.165, 1.54) is 57.4 Å². The summed E-state index contributed by atoms with van der Waals surface area (Å²) in [6.07, 6.45) is 1.59. The number of benzene rings is 2. The van der Waals surface area contributed by atoms with E-state index in [1.54, 1.807) is 6.07 Å². The number of hydrogen-bond acceptors (Lipinski definition) is 4. The van der Waals surface area contributed by atoms with Crippen molar-refractivity contribution >= 4 is 27.7 Å². The van der Waals surface area contributed by atoms with Gasteiger partial charge in [0, 0.05) is 32.7 Å². The number of carbonyl (C=O) groups is 2. The van der Waals surface area contributed by atoms with Crippen molar-refractivity contribution in [3.05, 3.63) is 65.7 Å². The van der Waals surface area contributed by atoms with E-state index in [0.29, 0.717) is 10.8 Å². The predicted molar refractivity (Wildman–Crippen MR) is 131 cm³/mol. The third-order valence-corrected chi connectivity index (χ3v) is 7.24. The van der Waals surface area contributed by atoms with Crippen LogP contribution in [0.15, 0.2) is 48.5 Å². The summed E-state index contributed by atoms with van der Waals surface area (Å²) in [4.78, 5) is 27.3. The average Bonchev–Trinajstić information content (AvgIpc) is 2.82. The van der Waals surface area contributed by atoms with Crippen LogP contribution in [0.1, 0.15) is 32.3 Å². The van der Waals surface area contributed by atoms with Crippen LogP contribution >= 0.6 is 0 Å². The fraction of sp³-hybridized carbons (Fsp3) is 0.417. The molecule has 0 aliphatic heterocycles. The van der Waals surface area contributed by atoms with E-state index in [9.17, 15) is 26.8 Å². The summed E-state index contributed by atoms with van der Waals surface area (Å²) in [6.45, 7) is 2.78. The number of para-hydroxylation sites is 1. The molecule has 0 saturated carbocycles. The zero-order valence-corrected chi connectivity index (χ0v) is 21.2. The summed E-state index contributed by atoms with van der Waals surface area (Å²) in [7, 11) is -1.77. The first-order valence-corrected chi connectivity index (χ1v) is 12.7. The molecule has 0 radical (unpaired) electrons. The standard InChI is InChI=1S/C24H32F2N4O4S/c1-5-6-15-27-24(32)18(2)29(16-19-11-7-8-12-20(19)25)23(31)17-30(35(33,34)28(3)4)22-14-10-9-13-21(22)26/h7-14,18H,5-6,15-17H2,1-4H3,(H,27,32)/t18-/m1/s1. The molecule has 0 saturated heterocycles. The Labute approximate surface area is 205 Å². The highest BCUT2D eigenvalue weighted by molar-refractivity contribution is 7.90. The maximum atomic E-state index is 14.6. The topological polar surface area (TPSA) is 90.0 Å². The predicted octanol–water partition coefficient (Wildman–Crippen LogP) is 2.91. The van der Waals surface area contributed by atoms with Crippen LogP contribution in [-0.4, -0.2) is 62.7 Å². The molecule has 192 valence electrons. The second-order valence-corrected chi connectivity index (χ2v) is 10.2. The summed E-state index contributed by atoms with van der Waals surface area (Å²) in [6, 6.07) is 9.92. The van der Waals surface area contributed by atoms with Crippen LogP contribution < -0.4 is 9.62 Å². The Morgan fingerprint density at radius 2 is 1.60 bits per heavy atom. The molecular weight excluding hydrogens is 478 g/mol. The first-order chi connectivity index (χ1) is 16.5. The van der Waals surface area contributed by atoms with E-state index >= 15 is 0 Å². The minimum absolute atomic E-state index is 0.155. The van der Waals surface area contributed by atoms with E-state index in [-0.39, 0.29) is 17.8 Å². The van der Waals surface area contributed by atoms with Crippen LogP contribution in [0.25, 0.3) is 0 Å². The quantitative estimate of drug-likeness (QED) is 0.445. The number of rotatable bonds is 12. The van der Waals surface area contributed by atoms with Gasteiger partial charge in [-0.25, -0.2) is 13.1 Å². The smallest absolute Gasteiger partial charge is 0.304 e. The van der Waals surface area contributed by atoms with Gasteiger partial charge in [0.25, 0.3) is 0 Å². The van der Waals surface area contributed by atoms with Crippen LogP contribution in [0.4, 0.5) is 14.5 Å². The summed E-state index contributed by atoms with van der Waals surface area (Å²) in [5.41, 5.74) is -0.164. The first-order valence-electron chi connectivity index (χ1n) is 11.3. The van der Waals surface area contributed by atoms with Crippen molar-refractivity contribution in [3.63, 3.8) is 0 Å². The molecule has 0 unspecified atom stereocenters. The van der Waals surface area contributed by atoms with Gasteiger partial charge in [0.05, 0.1) is 5.69 Å². The van der Waals surface area contributed by atoms with Gasteiger partial charge in [0.1, 0.15) is 24.2 Å². The van der Waals surface area contributed by atoms with Crippen molar-refractivity contribution < 1.29 is 26.8 Å². The number of anilines is 1. The molecule has 0 fully saturated rings. The van der Waals surface area contributed by atoms with Gasteiger partial charge in [-0.05, 0) is 31.5 Å². The van der Waals surface area contributed by atoms with Gasteiger partial charge >= 0.3 is 10.2 Å². The maximum absolute atomic E-state index is 14.6. The molecule has 2 rings (SSSR count). The lowest BCUT2D eigenvalue weighted by Crippen LogP contribution is -2.52. The van der Waals surface area contributed by atoms with Gasteiger partial charge in [-0.2, -0.15) is 12.7 Å². The van der Waals surface area contributed by atoms with Gasteiger partial charge in [-0.1, -0.05) is 43.7 Å². The van der Waals surface area contributed by atoms with E-state index in [1.807, 2.05) is 6.92 Å². The Kier molecular flexibility index (Phi) is 10.1. The average molecular weight is 511 g/mol. The molecule has 11 heteroatoms. The van der Waals surface area contributed by atoms with Gasteiger partial charge in [0.2, 0.25) is 11.8 Å². The summed E-state index contributed by atoms with van der Waals surface area (Å²) >= 11 is 0. The highest BCUT2D eigenvalue weighted by Crippen LogP contribution is 2.24. The number of hydrogen-bond donors (Lipinski definition) is 1. The largest absolute Gasteiger partial charge is 0.354 e. The van der Waals surface area contributed by atoms with Crippen molar-refractivity contribution in [3.8, 4) is 0 Å². The molecule has 0 heterocycles. The lowest BCUT2D eigenvalue weighted by molar-refractivity contribution is -0.139. The molecule has 2 amide bonds. The summed E-state index contributed by atoms with van der Waals surface area (Å²) in [5, 5.41) is 2.74.